The lowest BCUT2D eigenvalue weighted by Gasteiger charge is -2.15. The van der Waals surface area contributed by atoms with Gasteiger partial charge in [0.1, 0.15) is 0 Å². The number of anilines is 1. The summed E-state index contributed by atoms with van der Waals surface area (Å²) < 4.78 is 0. The highest BCUT2D eigenvalue weighted by molar-refractivity contribution is 5.50. The Balaban J connectivity index is 1.94. The second-order valence-electron chi connectivity index (χ2n) is 4.45. The van der Waals surface area contributed by atoms with Gasteiger partial charge >= 0.3 is 0 Å². The topological polar surface area (TPSA) is 75.4 Å². The Hall–Kier alpha value is -1.62. The van der Waals surface area contributed by atoms with Crippen molar-refractivity contribution in [2.24, 2.45) is 5.92 Å². The van der Waals surface area contributed by atoms with Crippen molar-refractivity contribution < 1.29 is 10.0 Å². The third-order valence-electron chi connectivity index (χ3n) is 3.24. The average molecular weight is 236 g/mol. The van der Waals surface area contributed by atoms with E-state index in [0.717, 1.165) is 24.9 Å². The zero-order chi connectivity index (χ0) is 12.3. The van der Waals surface area contributed by atoms with Gasteiger partial charge in [-0.25, -0.2) is 0 Å². The highest BCUT2D eigenvalue weighted by Gasteiger charge is 2.24. The van der Waals surface area contributed by atoms with Gasteiger partial charge in [0.05, 0.1) is 11.0 Å². The number of nitrogens with zero attached hydrogens (tertiary/aromatic N) is 1. The summed E-state index contributed by atoms with van der Waals surface area (Å²) >= 11 is 0. The lowest BCUT2D eigenvalue weighted by atomic mass is 10.1. The number of nitro benzene ring substituents is 1. The first-order valence-electron chi connectivity index (χ1n) is 5.83. The number of hydrogen-bond acceptors (Lipinski definition) is 4. The molecular weight excluding hydrogens is 220 g/mol. The molecule has 1 aromatic rings. The molecule has 0 aliphatic heterocycles. The van der Waals surface area contributed by atoms with Crippen molar-refractivity contribution in [2.45, 2.75) is 25.4 Å². The van der Waals surface area contributed by atoms with Crippen molar-refractivity contribution in [1.82, 2.24) is 0 Å². The van der Waals surface area contributed by atoms with Crippen LogP contribution in [0.15, 0.2) is 24.3 Å². The minimum Gasteiger partial charge on any atom is -0.393 e. The summed E-state index contributed by atoms with van der Waals surface area (Å²) in [5.74, 6) is 0.259. The van der Waals surface area contributed by atoms with Gasteiger partial charge in [-0.1, -0.05) is 12.5 Å². The maximum absolute atomic E-state index is 10.6. The summed E-state index contributed by atoms with van der Waals surface area (Å²) in [5.41, 5.74) is 0.820. The van der Waals surface area contributed by atoms with Crippen molar-refractivity contribution in [1.29, 1.82) is 0 Å². The van der Waals surface area contributed by atoms with Gasteiger partial charge in [-0.2, -0.15) is 0 Å². The predicted octanol–water partition coefficient (Wildman–Crippen LogP) is 2.17. The van der Waals surface area contributed by atoms with Crippen molar-refractivity contribution >= 4 is 11.4 Å². The van der Waals surface area contributed by atoms with Gasteiger partial charge in [-0.05, 0) is 18.9 Å². The first-order chi connectivity index (χ1) is 8.16. The predicted molar refractivity (Wildman–Crippen MR) is 64.9 cm³/mol. The van der Waals surface area contributed by atoms with E-state index in [1.165, 1.54) is 12.1 Å². The van der Waals surface area contributed by atoms with Gasteiger partial charge in [0, 0.05) is 30.3 Å². The molecular formula is C12H16N2O3. The number of aliphatic hydroxyl groups excluding tert-OH is 1. The SMILES string of the molecule is O=[N+]([O-])c1cccc(NCC2CCCC2O)c1. The molecule has 5 heteroatoms. The van der Waals surface area contributed by atoms with Crippen LogP contribution in [-0.2, 0) is 0 Å². The molecule has 1 aromatic carbocycles. The van der Waals surface area contributed by atoms with Crippen LogP contribution >= 0.6 is 0 Å². The molecule has 0 bridgehead atoms. The lowest BCUT2D eigenvalue weighted by molar-refractivity contribution is -0.384. The highest BCUT2D eigenvalue weighted by atomic mass is 16.6. The molecule has 0 amide bonds. The lowest BCUT2D eigenvalue weighted by Crippen LogP contribution is -2.21. The Morgan fingerprint density at radius 1 is 1.47 bits per heavy atom. The standard InChI is InChI=1S/C12H16N2O3/c15-12-6-1-3-9(12)8-13-10-4-2-5-11(7-10)14(16)17/h2,4-5,7,9,12-13,15H,1,3,6,8H2. The van der Waals surface area contributed by atoms with E-state index in [2.05, 4.69) is 5.32 Å². The first kappa shape index (κ1) is 11.9. The van der Waals surface area contributed by atoms with Crippen LogP contribution < -0.4 is 5.32 Å². The van der Waals surface area contributed by atoms with E-state index >= 15 is 0 Å². The second-order valence-corrected chi connectivity index (χ2v) is 4.45. The number of aliphatic hydroxyl groups is 1. The van der Waals surface area contributed by atoms with Gasteiger partial charge in [0.2, 0.25) is 0 Å². The van der Waals surface area contributed by atoms with Crippen molar-refractivity contribution in [2.75, 3.05) is 11.9 Å². The molecule has 0 aromatic heterocycles. The number of nitrogens with one attached hydrogen (secondary N) is 1. The zero-order valence-electron chi connectivity index (χ0n) is 9.50. The summed E-state index contributed by atoms with van der Waals surface area (Å²) in [7, 11) is 0. The summed E-state index contributed by atoms with van der Waals surface area (Å²) in [6.45, 7) is 0.669. The van der Waals surface area contributed by atoms with Crippen LogP contribution in [0.25, 0.3) is 0 Å². The van der Waals surface area contributed by atoms with E-state index in [4.69, 9.17) is 0 Å². The van der Waals surface area contributed by atoms with E-state index < -0.39 is 4.92 Å². The average Bonchev–Trinajstić information content (AvgIpc) is 2.72. The molecule has 2 N–H and O–H groups in total. The zero-order valence-corrected chi connectivity index (χ0v) is 9.50. The fourth-order valence-electron chi connectivity index (χ4n) is 2.23. The number of benzene rings is 1. The molecule has 1 aliphatic carbocycles. The smallest absolute Gasteiger partial charge is 0.271 e. The first-order valence-corrected chi connectivity index (χ1v) is 5.83. The summed E-state index contributed by atoms with van der Waals surface area (Å²) in [6.07, 6.45) is 2.70. The largest absolute Gasteiger partial charge is 0.393 e. The molecule has 0 radical (unpaired) electrons. The van der Waals surface area contributed by atoms with Gasteiger partial charge < -0.3 is 10.4 Å². The Morgan fingerprint density at radius 3 is 2.94 bits per heavy atom. The van der Waals surface area contributed by atoms with Crippen LogP contribution in [0.2, 0.25) is 0 Å². The van der Waals surface area contributed by atoms with Crippen molar-refractivity contribution in [3.63, 3.8) is 0 Å². The Morgan fingerprint density at radius 2 is 2.29 bits per heavy atom. The molecule has 1 saturated carbocycles. The maximum atomic E-state index is 10.6. The monoisotopic (exact) mass is 236 g/mol. The molecule has 0 heterocycles. The molecule has 2 rings (SSSR count). The number of nitro groups is 1. The van der Waals surface area contributed by atoms with Gasteiger partial charge in [0.15, 0.2) is 0 Å². The van der Waals surface area contributed by atoms with Crippen LogP contribution in [0, 0.1) is 16.0 Å². The summed E-state index contributed by atoms with van der Waals surface area (Å²) in [4.78, 5) is 10.2. The molecule has 92 valence electrons. The fraction of sp³-hybridized carbons (Fsp3) is 0.500. The summed E-state index contributed by atoms with van der Waals surface area (Å²) in [6, 6.07) is 6.44. The minimum atomic E-state index is -0.407. The molecule has 1 fully saturated rings. The third kappa shape index (κ3) is 2.94. The number of hydrogen-bond donors (Lipinski definition) is 2. The maximum Gasteiger partial charge on any atom is 0.271 e. The summed E-state index contributed by atoms with van der Waals surface area (Å²) in [5, 5.41) is 23.4. The van der Waals surface area contributed by atoms with Crippen LogP contribution in [0.3, 0.4) is 0 Å². The fourth-order valence-corrected chi connectivity index (χ4v) is 2.23. The van der Waals surface area contributed by atoms with Crippen molar-refractivity contribution in [3.8, 4) is 0 Å². The van der Waals surface area contributed by atoms with E-state index in [9.17, 15) is 15.2 Å². The van der Waals surface area contributed by atoms with E-state index in [0.29, 0.717) is 6.54 Å². The van der Waals surface area contributed by atoms with E-state index in [1.807, 2.05) is 0 Å². The third-order valence-corrected chi connectivity index (χ3v) is 3.24. The molecule has 5 nitrogen and oxygen atoms in total. The molecule has 0 spiro atoms. The second kappa shape index (κ2) is 5.14. The Kier molecular flexibility index (Phi) is 3.58. The van der Waals surface area contributed by atoms with Gasteiger partial charge in [-0.15, -0.1) is 0 Å². The minimum absolute atomic E-state index is 0.0852. The van der Waals surface area contributed by atoms with Gasteiger partial charge in [-0.3, -0.25) is 10.1 Å². The molecule has 2 unspecified atom stereocenters. The van der Waals surface area contributed by atoms with E-state index in [-0.39, 0.29) is 17.7 Å². The quantitative estimate of drug-likeness (QED) is 0.620. The number of rotatable bonds is 4. The van der Waals surface area contributed by atoms with Crippen molar-refractivity contribution in [3.05, 3.63) is 34.4 Å². The molecule has 17 heavy (non-hydrogen) atoms. The normalized spacial score (nSPS) is 23.6. The molecule has 2 atom stereocenters. The highest BCUT2D eigenvalue weighted by Crippen LogP contribution is 2.26. The molecule has 0 saturated heterocycles. The van der Waals surface area contributed by atoms with Crippen LogP contribution in [0.4, 0.5) is 11.4 Å². The van der Waals surface area contributed by atoms with E-state index in [1.54, 1.807) is 12.1 Å². The Labute approximate surface area is 99.6 Å². The van der Waals surface area contributed by atoms with Crippen LogP contribution in [-0.4, -0.2) is 22.7 Å². The van der Waals surface area contributed by atoms with Crippen LogP contribution in [0.1, 0.15) is 19.3 Å². The molecule has 1 aliphatic rings. The van der Waals surface area contributed by atoms with Crippen LogP contribution in [0.5, 0.6) is 0 Å². The Bertz CT molecular complexity index is 408. The van der Waals surface area contributed by atoms with Gasteiger partial charge in [0.25, 0.3) is 5.69 Å². The number of non-ortho nitro benzene ring substituents is 1.